The summed E-state index contributed by atoms with van der Waals surface area (Å²) in [5.41, 5.74) is 1.05. The summed E-state index contributed by atoms with van der Waals surface area (Å²) in [7, 11) is 0. The number of nitrogens with zero attached hydrogens (tertiary/aromatic N) is 1. The molecule has 0 spiro atoms. The van der Waals surface area contributed by atoms with E-state index >= 15 is 0 Å². The molecule has 0 amide bonds. The van der Waals surface area contributed by atoms with Crippen molar-refractivity contribution in [3.8, 4) is 0 Å². The fourth-order valence-electron chi connectivity index (χ4n) is 2.62. The summed E-state index contributed by atoms with van der Waals surface area (Å²) in [4.78, 5) is 16.7. The summed E-state index contributed by atoms with van der Waals surface area (Å²) in [5, 5.41) is 5.56. The van der Waals surface area contributed by atoms with Crippen LogP contribution in [0.3, 0.4) is 0 Å². The molecule has 1 aromatic heterocycles. The SMILES string of the molecule is CCC1CN(Cc2csc(=O)[nH]2)C(C(C)C)CN1. The quantitative estimate of drug-likeness (QED) is 0.873. The van der Waals surface area contributed by atoms with Gasteiger partial charge in [0.2, 0.25) is 0 Å². The Bertz CT molecular complexity index is 426. The number of H-pyrrole nitrogens is 1. The van der Waals surface area contributed by atoms with Crippen LogP contribution in [0.5, 0.6) is 0 Å². The Balaban J connectivity index is 2.07. The van der Waals surface area contributed by atoms with Crippen LogP contribution in [0, 0.1) is 5.92 Å². The van der Waals surface area contributed by atoms with Gasteiger partial charge in [-0.2, -0.15) is 0 Å². The average Bonchev–Trinajstić information content (AvgIpc) is 2.74. The van der Waals surface area contributed by atoms with Crippen LogP contribution in [0.4, 0.5) is 0 Å². The van der Waals surface area contributed by atoms with Crippen LogP contribution in [0.25, 0.3) is 0 Å². The molecule has 1 aliphatic rings. The number of nitrogens with one attached hydrogen (secondary N) is 2. The van der Waals surface area contributed by atoms with Gasteiger partial charge in [0.05, 0.1) is 0 Å². The minimum absolute atomic E-state index is 0.0493. The van der Waals surface area contributed by atoms with Gasteiger partial charge in [0.25, 0.3) is 0 Å². The van der Waals surface area contributed by atoms with Gasteiger partial charge in [-0.25, -0.2) is 0 Å². The van der Waals surface area contributed by atoms with Gasteiger partial charge in [0, 0.05) is 42.8 Å². The van der Waals surface area contributed by atoms with Crippen LogP contribution in [0.1, 0.15) is 32.9 Å². The highest BCUT2D eigenvalue weighted by atomic mass is 32.1. The molecule has 4 nitrogen and oxygen atoms in total. The molecule has 1 aliphatic heterocycles. The Morgan fingerprint density at radius 2 is 2.33 bits per heavy atom. The van der Waals surface area contributed by atoms with Crippen LogP contribution in [-0.2, 0) is 6.54 Å². The van der Waals surface area contributed by atoms with Gasteiger partial charge >= 0.3 is 4.87 Å². The van der Waals surface area contributed by atoms with Crippen LogP contribution in [0.2, 0.25) is 0 Å². The third kappa shape index (κ3) is 3.22. The minimum atomic E-state index is 0.0493. The Morgan fingerprint density at radius 1 is 1.56 bits per heavy atom. The number of aromatic nitrogens is 1. The molecule has 18 heavy (non-hydrogen) atoms. The molecule has 2 heterocycles. The molecule has 0 radical (unpaired) electrons. The molecule has 0 bridgehead atoms. The summed E-state index contributed by atoms with van der Waals surface area (Å²) in [6.45, 7) is 9.73. The highest BCUT2D eigenvalue weighted by molar-refractivity contribution is 7.07. The summed E-state index contributed by atoms with van der Waals surface area (Å²) in [6, 6.07) is 1.13. The molecule has 1 aromatic rings. The molecule has 2 N–H and O–H groups in total. The van der Waals surface area contributed by atoms with E-state index in [9.17, 15) is 4.79 Å². The van der Waals surface area contributed by atoms with Gasteiger partial charge in [-0.1, -0.05) is 32.1 Å². The lowest BCUT2D eigenvalue weighted by atomic mass is 9.97. The van der Waals surface area contributed by atoms with E-state index in [1.807, 2.05) is 5.38 Å². The molecule has 5 heteroatoms. The van der Waals surface area contributed by atoms with E-state index < -0.39 is 0 Å². The van der Waals surface area contributed by atoms with Gasteiger partial charge in [0.1, 0.15) is 0 Å². The van der Waals surface area contributed by atoms with Crippen molar-refractivity contribution in [3.63, 3.8) is 0 Å². The fraction of sp³-hybridized carbons (Fsp3) is 0.769. The topological polar surface area (TPSA) is 48.1 Å². The molecular weight excluding hydrogens is 246 g/mol. The molecule has 0 aromatic carbocycles. The van der Waals surface area contributed by atoms with E-state index in [1.54, 1.807) is 0 Å². The lowest BCUT2D eigenvalue weighted by Crippen LogP contribution is -2.57. The van der Waals surface area contributed by atoms with Gasteiger partial charge < -0.3 is 10.3 Å². The summed E-state index contributed by atoms with van der Waals surface area (Å²) in [5.74, 6) is 0.626. The Labute approximate surface area is 112 Å². The lowest BCUT2D eigenvalue weighted by Gasteiger charge is -2.42. The number of rotatable bonds is 4. The maximum Gasteiger partial charge on any atom is 0.304 e. The zero-order chi connectivity index (χ0) is 13.1. The molecule has 1 saturated heterocycles. The first-order valence-corrected chi connectivity index (χ1v) is 7.62. The lowest BCUT2D eigenvalue weighted by molar-refractivity contribution is 0.0889. The second-order valence-electron chi connectivity index (χ2n) is 5.43. The predicted octanol–water partition coefficient (Wildman–Crippen LogP) is 1.64. The summed E-state index contributed by atoms with van der Waals surface area (Å²) < 4.78 is 0. The van der Waals surface area contributed by atoms with E-state index in [0.717, 1.165) is 31.7 Å². The number of hydrogen-bond acceptors (Lipinski definition) is 4. The van der Waals surface area contributed by atoms with Gasteiger partial charge in [-0.3, -0.25) is 9.69 Å². The average molecular weight is 269 g/mol. The predicted molar refractivity (Wildman–Crippen MR) is 76.1 cm³/mol. The standard InChI is InChI=1S/C13H23N3OS/c1-4-10-6-16(12(5-14-10)9(2)3)7-11-8-18-13(17)15-11/h8-10,12,14H,4-7H2,1-3H3,(H,15,17). The first-order chi connectivity index (χ1) is 8.60. The first kappa shape index (κ1) is 13.8. The smallest absolute Gasteiger partial charge is 0.304 e. The fourth-order valence-corrected chi connectivity index (χ4v) is 3.20. The molecule has 0 saturated carbocycles. The largest absolute Gasteiger partial charge is 0.315 e. The van der Waals surface area contributed by atoms with Gasteiger partial charge in [-0.05, 0) is 12.3 Å². The second-order valence-corrected chi connectivity index (χ2v) is 6.27. The molecule has 102 valence electrons. The molecule has 1 fully saturated rings. The van der Waals surface area contributed by atoms with Crippen LogP contribution in [-0.4, -0.2) is 35.1 Å². The van der Waals surface area contributed by atoms with Crippen LogP contribution < -0.4 is 10.2 Å². The number of hydrogen-bond donors (Lipinski definition) is 2. The number of aromatic amines is 1. The van der Waals surface area contributed by atoms with E-state index in [-0.39, 0.29) is 4.87 Å². The molecule has 2 rings (SSSR count). The van der Waals surface area contributed by atoms with Crippen molar-refractivity contribution in [1.29, 1.82) is 0 Å². The zero-order valence-corrected chi connectivity index (χ0v) is 12.2. The van der Waals surface area contributed by atoms with E-state index in [1.165, 1.54) is 11.3 Å². The Morgan fingerprint density at radius 3 is 2.89 bits per heavy atom. The normalized spacial score (nSPS) is 25.8. The maximum atomic E-state index is 11.2. The monoisotopic (exact) mass is 269 g/mol. The van der Waals surface area contributed by atoms with Crippen molar-refractivity contribution in [2.24, 2.45) is 5.92 Å². The number of thiazole rings is 1. The van der Waals surface area contributed by atoms with Crippen molar-refractivity contribution in [2.75, 3.05) is 13.1 Å². The van der Waals surface area contributed by atoms with Crippen molar-refractivity contribution in [1.82, 2.24) is 15.2 Å². The van der Waals surface area contributed by atoms with E-state index in [0.29, 0.717) is 18.0 Å². The second kappa shape index (κ2) is 5.99. The number of piperazine rings is 1. The molecule has 2 unspecified atom stereocenters. The van der Waals surface area contributed by atoms with Crippen molar-refractivity contribution >= 4 is 11.3 Å². The molecular formula is C13H23N3OS. The minimum Gasteiger partial charge on any atom is -0.315 e. The molecule has 0 aliphatic carbocycles. The highest BCUT2D eigenvalue weighted by Crippen LogP contribution is 2.18. The zero-order valence-electron chi connectivity index (χ0n) is 11.4. The van der Waals surface area contributed by atoms with E-state index in [2.05, 4.69) is 36.0 Å². The summed E-state index contributed by atoms with van der Waals surface area (Å²) in [6.07, 6.45) is 1.15. The Hall–Kier alpha value is -0.650. The van der Waals surface area contributed by atoms with Gasteiger partial charge in [-0.15, -0.1) is 0 Å². The highest BCUT2D eigenvalue weighted by Gasteiger charge is 2.29. The van der Waals surface area contributed by atoms with Crippen LogP contribution >= 0.6 is 11.3 Å². The van der Waals surface area contributed by atoms with Crippen molar-refractivity contribution in [2.45, 2.75) is 45.8 Å². The maximum absolute atomic E-state index is 11.2. The molecule has 2 atom stereocenters. The van der Waals surface area contributed by atoms with Gasteiger partial charge in [0.15, 0.2) is 0 Å². The van der Waals surface area contributed by atoms with Crippen molar-refractivity contribution in [3.05, 3.63) is 20.7 Å². The van der Waals surface area contributed by atoms with E-state index in [4.69, 9.17) is 0 Å². The van der Waals surface area contributed by atoms with Crippen molar-refractivity contribution < 1.29 is 0 Å². The third-order valence-electron chi connectivity index (χ3n) is 3.75. The summed E-state index contributed by atoms with van der Waals surface area (Å²) >= 11 is 1.26. The first-order valence-electron chi connectivity index (χ1n) is 6.74. The van der Waals surface area contributed by atoms with Crippen LogP contribution in [0.15, 0.2) is 10.2 Å². The third-order valence-corrected chi connectivity index (χ3v) is 4.46. The Kier molecular flexibility index (Phi) is 4.59.